The molecule has 0 aromatic rings. The van der Waals surface area contributed by atoms with E-state index in [0.29, 0.717) is 6.61 Å². The van der Waals surface area contributed by atoms with Crippen LogP contribution in [0.2, 0.25) is 0 Å². The van der Waals surface area contributed by atoms with Crippen molar-refractivity contribution in [1.29, 1.82) is 0 Å². The van der Waals surface area contributed by atoms with Gasteiger partial charge in [0.1, 0.15) is 0 Å². The predicted octanol–water partition coefficient (Wildman–Crippen LogP) is 0.735. The number of carbonyl (C=O) groups excluding carboxylic acids is 1. The summed E-state index contributed by atoms with van der Waals surface area (Å²) < 4.78 is 5.37. The number of carboxylic acids is 1. The summed E-state index contributed by atoms with van der Waals surface area (Å²) in [4.78, 5) is 23.8. The second kappa shape index (κ2) is 5.84. The largest absolute Gasteiger partial charge is 0.481 e. The molecule has 1 saturated heterocycles. The molecular formula is C11H19NO4. The molecule has 5 nitrogen and oxygen atoms in total. The van der Waals surface area contributed by atoms with Gasteiger partial charge in [0.05, 0.1) is 12.5 Å². The lowest BCUT2D eigenvalue weighted by atomic mass is 9.95. The molecule has 1 aliphatic rings. The second-order valence-electron chi connectivity index (χ2n) is 4.31. The predicted molar refractivity (Wildman–Crippen MR) is 58.0 cm³/mol. The van der Waals surface area contributed by atoms with Crippen LogP contribution in [0.1, 0.15) is 26.2 Å². The van der Waals surface area contributed by atoms with E-state index in [2.05, 4.69) is 0 Å². The Bertz CT molecular complexity index is 267. The smallest absolute Gasteiger partial charge is 0.305 e. The van der Waals surface area contributed by atoms with Gasteiger partial charge in [-0.1, -0.05) is 0 Å². The molecule has 0 aliphatic carbocycles. The minimum Gasteiger partial charge on any atom is -0.481 e. The zero-order chi connectivity index (χ0) is 12.1. The molecule has 92 valence electrons. The average molecular weight is 229 g/mol. The van der Waals surface area contributed by atoms with Crippen LogP contribution in [0, 0.1) is 5.92 Å². The highest BCUT2D eigenvalue weighted by atomic mass is 16.5. The first-order valence-corrected chi connectivity index (χ1v) is 5.59. The molecule has 2 unspecified atom stereocenters. The van der Waals surface area contributed by atoms with Crippen molar-refractivity contribution >= 4 is 11.9 Å². The lowest BCUT2D eigenvalue weighted by Gasteiger charge is -2.29. The van der Waals surface area contributed by atoms with Gasteiger partial charge >= 0.3 is 5.97 Å². The Hall–Kier alpha value is -1.10. The minimum atomic E-state index is -0.875. The summed E-state index contributed by atoms with van der Waals surface area (Å²) in [6.45, 7) is 2.85. The summed E-state index contributed by atoms with van der Waals surface area (Å²) in [6.07, 6.45) is 1.59. The van der Waals surface area contributed by atoms with Crippen molar-refractivity contribution in [2.75, 3.05) is 20.2 Å². The summed E-state index contributed by atoms with van der Waals surface area (Å²) in [5.41, 5.74) is 0. The molecule has 0 bridgehead atoms. The fourth-order valence-corrected chi connectivity index (χ4v) is 1.91. The van der Waals surface area contributed by atoms with Crippen LogP contribution in [-0.2, 0) is 14.3 Å². The SMILES string of the molecule is CC1CC(C(=O)N(C)CCC(=O)O)CCO1. The standard InChI is InChI=1S/C11H19NO4/c1-8-7-9(4-6-16-8)11(15)12(2)5-3-10(13)14/h8-9H,3-7H2,1-2H3,(H,13,14). The Balaban J connectivity index is 2.40. The topological polar surface area (TPSA) is 66.8 Å². The Labute approximate surface area is 95.4 Å². The lowest BCUT2D eigenvalue weighted by Crippen LogP contribution is -2.38. The molecule has 5 heteroatoms. The highest BCUT2D eigenvalue weighted by Crippen LogP contribution is 2.21. The van der Waals surface area contributed by atoms with E-state index in [0.717, 1.165) is 12.8 Å². The minimum absolute atomic E-state index is 0.00101. The van der Waals surface area contributed by atoms with Crippen molar-refractivity contribution in [3.05, 3.63) is 0 Å². The summed E-state index contributed by atoms with van der Waals surface area (Å²) in [5.74, 6) is -0.848. The molecule has 1 rings (SSSR count). The quantitative estimate of drug-likeness (QED) is 0.772. The van der Waals surface area contributed by atoms with Gasteiger partial charge in [-0.2, -0.15) is 0 Å². The molecule has 1 aliphatic heterocycles. The number of amides is 1. The Morgan fingerprint density at radius 2 is 2.19 bits per heavy atom. The molecule has 0 aromatic heterocycles. The maximum atomic E-state index is 11.9. The van der Waals surface area contributed by atoms with Crippen LogP contribution in [-0.4, -0.2) is 48.2 Å². The maximum absolute atomic E-state index is 11.9. The van der Waals surface area contributed by atoms with Crippen molar-refractivity contribution in [1.82, 2.24) is 4.90 Å². The van der Waals surface area contributed by atoms with Gasteiger partial charge in [-0.3, -0.25) is 9.59 Å². The molecule has 1 amide bonds. The van der Waals surface area contributed by atoms with Gasteiger partial charge in [0.25, 0.3) is 0 Å². The molecule has 0 spiro atoms. The first-order valence-electron chi connectivity index (χ1n) is 5.59. The van der Waals surface area contributed by atoms with Gasteiger partial charge in [0.2, 0.25) is 5.91 Å². The van der Waals surface area contributed by atoms with Crippen molar-refractivity contribution in [2.24, 2.45) is 5.92 Å². The fourth-order valence-electron chi connectivity index (χ4n) is 1.91. The van der Waals surface area contributed by atoms with Crippen LogP contribution in [0.15, 0.2) is 0 Å². The Morgan fingerprint density at radius 3 is 2.75 bits per heavy atom. The van der Waals surface area contributed by atoms with E-state index >= 15 is 0 Å². The first-order chi connectivity index (χ1) is 7.50. The van der Waals surface area contributed by atoms with E-state index < -0.39 is 5.97 Å². The van der Waals surface area contributed by atoms with Crippen LogP contribution in [0.4, 0.5) is 0 Å². The monoisotopic (exact) mass is 229 g/mol. The third kappa shape index (κ3) is 3.81. The maximum Gasteiger partial charge on any atom is 0.305 e. The summed E-state index contributed by atoms with van der Waals surface area (Å²) in [5, 5.41) is 8.54. The zero-order valence-electron chi connectivity index (χ0n) is 9.81. The van der Waals surface area contributed by atoms with Crippen LogP contribution in [0.5, 0.6) is 0 Å². The van der Waals surface area contributed by atoms with E-state index in [1.54, 1.807) is 7.05 Å². The van der Waals surface area contributed by atoms with Gasteiger partial charge in [-0.05, 0) is 19.8 Å². The third-order valence-electron chi connectivity index (χ3n) is 2.87. The molecule has 16 heavy (non-hydrogen) atoms. The van der Waals surface area contributed by atoms with E-state index in [4.69, 9.17) is 9.84 Å². The van der Waals surface area contributed by atoms with Crippen LogP contribution in [0.25, 0.3) is 0 Å². The zero-order valence-corrected chi connectivity index (χ0v) is 9.81. The molecule has 1 heterocycles. The van der Waals surface area contributed by atoms with Gasteiger partial charge in [-0.25, -0.2) is 0 Å². The summed E-state index contributed by atoms with van der Waals surface area (Å²) in [7, 11) is 1.66. The molecule has 0 radical (unpaired) electrons. The van der Waals surface area contributed by atoms with Crippen molar-refractivity contribution in [2.45, 2.75) is 32.3 Å². The third-order valence-corrected chi connectivity index (χ3v) is 2.87. The number of aliphatic carboxylic acids is 1. The molecule has 1 N–H and O–H groups in total. The number of rotatable bonds is 4. The van der Waals surface area contributed by atoms with E-state index in [1.807, 2.05) is 6.92 Å². The van der Waals surface area contributed by atoms with Gasteiger partial charge < -0.3 is 14.7 Å². The molecule has 1 fully saturated rings. The van der Waals surface area contributed by atoms with Crippen LogP contribution < -0.4 is 0 Å². The average Bonchev–Trinajstić information content (AvgIpc) is 2.24. The second-order valence-corrected chi connectivity index (χ2v) is 4.31. The van der Waals surface area contributed by atoms with Crippen molar-refractivity contribution < 1.29 is 19.4 Å². The number of hydrogen-bond donors (Lipinski definition) is 1. The molecular weight excluding hydrogens is 210 g/mol. The molecule has 0 aromatic carbocycles. The number of carboxylic acid groups (broad SMARTS) is 1. The number of nitrogens with zero attached hydrogens (tertiary/aromatic N) is 1. The normalized spacial score (nSPS) is 25.1. The highest BCUT2D eigenvalue weighted by molar-refractivity contribution is 5.79. The molecule has 2 atom stereocenters. The van der Waals surface area contributed by atoms with Crippen molar-refractivity contribution in [3.63, 3.8) is 0 Å². The van der Waals surface area contributed by atoms with Crippen LogP contribution >= 0.6 is 0 Å². The molecule has 0 saturated carbocycles. The highest BCUT2D eigenvalue weighted by Gasteiger charge is 2.27. The van der Waals surface area contributed by atoms with Crippen molar-refractivity contribution in [3.8, 4) is 0 Å². The van der Waals surface area contributed by atoms with Gasteiger partial charge in [-0.15, -0.1) is 0 Å². The number of ether oxygens (including phenoxy) is 1. The summed E-state index contributed by atoms with van der Waals surface area (Å²) in [6, 6.07) is 0. The lowest BCUT2D eigenvalue weighted by molar-refractivity contribution is -0.141. The fraction of sp³-hybridized carbons (Fsp3) is 0.818. The first kappa shape index (κ1) is 13.0. The van der Waals surface area contributed by atoms with E-state index in [1.165, 1.54) is 4.90 Å². The van der Waals surface area contributed by atoms with Gasteiger partial charge in [0, 0.05) is 26.1 Å². The Kier molecular flexibility index (Phi) is 4.73. The van der Waals surface area contributed by atoms with E-state index in [-0.39, 0.29) is 30.9 Å². The van der Waals surface area contributed by atoms with Gasteiger partial charge in [0.15, 0.2) is 0 Å². The number of carbonyl (C=O) groups is 2. The summed E-state index contributed by atoms with van der Waals surface area (Å²) >= 11 is 0. The number of hydrogen-bond acceptors (Lipinski definition) is 3. The van der Waals surface area contributed by atoms with Crippen LogP contribution in [0.3, 0.4) is 0 Å². The van der Waals surface area contributed by atoms with E-state index in [9.17, 15) is 9.59 Å². The Morgan fingerprint density at radius 1 is 1.50 bits per heavy atom.